The second-order valence-electron chi connectivity index (χ2n) is 5.34. The highest BCUT2D eigenvalue weighted by Crippen LogP contribution is 2.43. The molecule has 1 amide bonds. The van der Waals surface area contributed by atoms with Gasteiger partial charge in [-0.05, 0) is 48.6 Å². The average Bonchev–Trinajstić information content (AvgIpc) is 3.29. The minimum absolute atomic E-state index is 0.162. The van der Waals surface area contributed by atoms with E-state index in [1.807, 2.05) is 12.1 Å². The third-order valence-corrected chi connectivity index (χ3v) is 3.99. The fourth-order valence-electron chi connectivity index (χ4n) is 2.51. The Kier molecular flexibility index (Phi) is 3.93. The summed E-state index contributed by atoms with van der Waals surface area (Å²) in [4.78, 5) is 12.5. The van der Waals surface area contributed by atoms with Crippen LogP contribution >= 0.6 is 11.6 Å². The van der Waals surface area contributed by atoms with E-state index in [-0.39, 0.29) is 17.5 Å². The van der Waals surface area contributed by atoms with E-state index >= 15 is 0 Å². The van der Waals surface area contributed by atoms with Crippen LogP contribution in [0.2, 0.25) is 5.02 Å². The highest BCUT2D eigenvalue weighted by atomic mass is 35.5. The summed E-state index contributed by atoms with van der Waals surface area (Å²) >= 11 is 5.89. The molecule has 0 radical (unpaired) electrons. The van der Waals surface area contributed by atoms with Crippen molar-refractivity contribution in [3.63, 3.8) is 0 Å². The molecule has 0 aromatic heterocycles. The Morgan fingerprint density at radius 1 is 1.14 bits per heavy atom. The number of para-hydroxylation sites is 1. The van der Waals surface area contributed by atoms with Gasteiger partial charge in [0.25, 0.3) is 0 Å². The van der Waals surface area contributed by atoms with E-state index in [0.29, 0.717) is 10.9 Å². The number of amides is 1. The molecule has 1 aliphatic carbocycles. The minimum atomic E-state index is -0.420. The Hall–Kier alpha value is -1.87. The molecule has 0 spiro atoms. The van der Waals surface area contributed by atoms with Crippen LogP contribution in [-0.2, 0) is 4.79 Å². The first-order valence-corrected chi connectivity index (χ1v) is 7.34. The Balaban J connectivity index is 1.83. The van der Waals surface area contributed by atoms with Crippen LogP contribution in [0.15, 0.2) is 48.5 Å². The largest absolute Gasteiger partial charge is 0.323 e. The molecule has 0 saturated heterocycles. The first-order chi connectivity index (χ1) is 10.1. The Morgan fingerprint density at radius 2 is 1.81 bits per heavy atom. The normalized spacial score (nSPS) is 15.5. The Morgan fingerprint density at radius 3 is 2.43 bits per heavy atom. The number of nitrogens with one attached hydrogen (secondary N) is 1. The standard InChI is InChI=1S/C17H15ClFNO/c18-13-9-7-12(8-10-13)16(11-5-6-11)17(21)20-15-4-2-1-3-14(15)19/h1-4,7-11,16H,5-6H2,(H,20,21). The van der Waals surface area contributed by atoms with Gasteiger partial charge in [-0.3, -0.25) is 4.79 Å². The van der Waals surface area contributed by atoms with E-state index in [1.54, 1.807) is 30.3 Å². The quantitative estimate of drug-likeness (QED) is 0.878. The summed E-state index contributed by atoms with van der Waals surface area (Å²) in [5.41, 5.74) is 1.15. The van der Waals surface area contributed by atoms with Crippen molar-refractivity contribution < 1.29 is 9.18 Å². The van der Waals surface area contributed by atoms with Crippen LogP contribution in [0.1, 0.15) is 24.3 Å². The summed E-state index contributed by atoms with van der Waals surface area (Å²) in [6.45, 7) is 0. The van der Waals surface area contributed by atoms with Crippen LogP contribution in [0.3, 0.4) is 0 Å². The fraction of sp³-hybridized carbons (Fsp3) is 0.235. The molecular weight excluding hydrogens is 289 g/mol. The van der Waals surface area contributed by atoms with Gasteiger partial charge in [0.1, 0.15) is 5.82 Å². The summed E-state index contributed by atoms with van der Waals surface area (Å²) in [6.07, 6.45) is 2.05. The van der Waals surface area contributed by atoms with Crippen LogP contribution in [0, 0.1) is 11.7 Å². The fourth-order valence-corrected chi connectivity index (χ4v) is 2.64. The zero-order valence-electron chi connectivity index (χ0n) is 11.4. The number of carbonyl (C=O) groups excluding carboxylic acids is 1. The van der Waals surface area contributed by atoms with Gasteiger partial charge in [0.15, 0.2) is 0 Å². The molecule has 1 unspecified atom stereocenters. The van der Waals surface area contributed by atoms with Gasteiger partial charge in [-0.2, -0.15) is 0 Å². The summed E-state index contributed by atoms with van der Waals surface area (Å²) in [7, 11) is 0. The lowest BCUT2D eigenvalue weighted by molar-refractivity contribution is -0.118. The molecule has 2 aromatic rings. The Bertz CT molecular complexity index is 652. The topological polar surface area (TPSA) is 29.1 Å². The Labute approximate surface area is 127 Å². The van der Waals surface area contributed by atoms with Crippen LogP contribution < -0.4 is 5.32 Å². The second kappa shape index (κ2) is 5.86. The lowest BCUT2D eigenvalue weighted by Crippen LogP contribution is -2.23. The summed E-state index contributed by atoms with van der Waals surface area (Å²) in [5, 5.41) is 3.34. The first kappa shape index (κ1) is 14.1. The SMILES string of the molecule is O=C(Nc1ccccc1F)C(c1ccc(Cl)cc1)C1CC1. The lowest BCUT2D eigenvalue weighted by atomic mass is 9.93. The number of hydrogen-bond acceptors (Lipinski definition) is 1. The van der Waals surface area contributed by atoms with E-state index in [4.69, 9.17) is 11.6 Å². The van der Waals surface area contributed by atoms with Crippen molar-refractivity contribution in [3.8, 4) is 0 Å². The zero-order valence-corrected chi connectivity index (χ0v) is 12.1. The molecule has 2 nitrogen and oxygen atoms in total. The highest BCUT2D eigenvalue weighted by Gasteiger charge is 2.37. The van der Waals surface area contributed by atoms with Gasteiger partial charge < -0.3 is 5.32 Å². The van der Waals surface area contributed by atoms with E-state index < -0.39 is 5.82 Å². The van der Waals surface area contributed by atoms with Gasteiger partial charge in [-0.1, -0.05) is 35.9 Å². The molecular formula is C17H15ClFNO. The molecule has 1 N–H and O–H groups in total. The van der Waals surface area contributed by atoms with Crippen molar-refractivity contribution in [2.45, 2.75) is 18.8 Å². The van der Waals surface area contributed by atoms with Crippen LogP contribution in [0.4, 0.5) is 10.1 Å². The molecule has 4 heteroatoms. The van der Waals surface area contributed by atoms with Gasteiger partial charge in [0.05, 0.1) is 11.6 Å². The van der Waals surface area contributed by atoms with Crippen molar-refractivity contribution in [1.82, 2.24) is 0 Å². The van der Waals surface area contributed by atoms with Gasteiger partial charge in [-0.25, -0.2) is 4.39 Å². The van der Waals surface area contributed by atoms with Crippen molar-refractivity contribution >= 4 is 23.2 Å². The minimum Gasteiger partial charge on any atom is -0.323 e. The lowest BCUT2D eigenvalue weighted by Gasteiger charge is -2.17. The van der Waals surface area contributed by atoms with Gasteiger partial charge in [0, 0.05) is 5.02 Å². The smallest absolute Gasteiger partial charge is 0.232 e. The highest BCUT2D eigenvalue weighted by molar-refractivity contribution is 6.30. The maximum atomic E-state index is 13.7. The maximum Gasteiger partial charge on any atom is 0.232 e. The molecule has 1 aliphatic rings. The van der Waals surface area contributed by atoms with Crippen molar-refractivity contribution in [1.29, 1.82) is 0 Å². The summed E-state index contributed by atoms with van der Waals surface area (Å²) in [5.74, 6) is -0.499. The number of halogens is 2. The third kappa shape index (κ3) is 3.24. The molecule has 1 saturated carbocycles. The van der Waals surface area contributed by atoms with Gasteiger partial charge >= 0.3 is 0 Å². The van der Waals surface area contributed by atoms with E-state index in [1.165, 1.54) is 6.07 Å². The first-order valence-electron chi connectivity index (χ1n) is 6.96. The average molecular weight is 304 g/mol. The van der Waals surface area contributed by atoms with Crippen molar-refractivity contribution in [2.75, 3.05) is 5.32 Å². The molecule has 1 atom stereocenters. The number of carbonyl (C=O) groups is 1. The molecule has 0 aliphatic heterocycles. The summed E-state index contributed by atoms with van der Waals surface area (Å²) < 4.78 is 13.7. The summed E-state index contributed by atoms with van der Waals surface area (Å²) in [6, 6.07) is 13.5. The molecule has 0 heterocycles. The molecule has 0 bridgehead atoms. The third-order valence-electron chi connectivity index (χ3n) is 3.74. The number of hydrogen-bond donors (Lipinski definition) is 1. The number of anilines is 1. The molecule has 1 fully saturated rings. The predicted molar refractivity (Wildman–Crippen MR) is 81.9 cm³/mol. The second-order valence-corrected chi connectivity index (χ2v) is 5.77. The van der Waals surface area contributed by atoms with Crippen LogP contribution in [-0.4, -0.2) is 5.91 Å². The number of rotatable bonds is 4. The van der Waals surface area contributed by atoms with E-state index in [9.17, 15) is 9.18 Å². The van der Waals surface area contributed by atoms with Gasteiger partial charge in [0.2, 0.25) is 5.91 Å². The van der Waals surface area contributed by atoms with Crippen LogP contribution in [0.5, 0.6) is 0 Å². The van der Waals surface area contributed by atoms with Gasteiger partial charge in [-0.15, -0.1) is 0 Å². The molecule has 108 valence electrons. The number of benzene rings is 2. The van der Waals surface area contributed by atoms with Crippen molar-refractivity contribution in [3.05, 3.63) is 64.9 Å². The monoisotopic (exact) mass is 303 g/mol. The van der Waals surface area contributed by atoms with E-state index in [2.05, 4.69) is 5.32 Å². The zero-order chi connectivity index (χ0) is 14.8. The maximum absolute atomic E-state index is 13.7. The molecule has 2 aromatic carbocycles. The van der Waals surface area contributed by atoms with E-state index in [0.717, 1.165) is 18.4 Å². The predicted octanol–water partition coefficient (Wildman–Crippen LogP) is 4.61. The van der Waals surface area contributed by atoms with Crippen molar-refractivity contribution in [2.24, 2.45) is 5.92 Å². The van der Waals surface area contributed by atoms with Crippen LogP contribution in [0.25, 0.3) is 0 Å². The molecule has 3 rings (SSSR count). The molecule has 21 heavy (non-hydrogen) atoms.